The fraction of sp³-hybridized carbons (Fsp3) is 0.364. The van der Waals surface area contributed by atoms with Gasteiger partial charge >= 0.3 is 0 Å². The molecule has 1 rings (SSSR count). The van der Waals surface area contributed by atoms with Crippen LogP contribution in [-0.4, -0.2) is 29.4 Å². The predicted molar refractivity (Wildman–Crippen MR) is 61.8 cm³/mol. The Labute approximate surface area is 98.1 Å². The second-order valence-electron chi connectivity index (χ2n) is 3.37. The van der Waals surface area contributed by atoms with E-state index in [0.717, 1.165) is 11.8 Å². The minimum atomic E-state index is -0.324. The van der Waals surface area contributed by atoms with Crippen molar-refractivity contribution in [2.45, 2.75) is 17.9 Å². The molecule has 1 amide bonds. The molecular weight excluding hydrogens is 229 g/mol. The van der Waals surface area contributed by atoms with Gasteiger partial charge in [-0.25, -0.2) is 4.39 Å². The minimum Gasteiger partial charge on any atom is -0.394 e. The summed E-state index contributed by atoms with van der Waals surface area (Å²) in [5, 5.41) is 11.3. The van der Waals surface area contributed by atoms with E-state index in [9.17, 15) is 9.18 Å². The number of hydrogen-bond acceptors (Lipinski definition) is 3. The lowest BCUT2D eigenvalue weighted by atomic mass is 10.3. The Bertz CT molecular complexity index is 360. The summed E-state index contributed by atoms with van der Waals surface area (Å²) in [6.07, 6.45) is 0. The molecule has 3 nitrogen and oxygen atoms in total. The molecule has 1 aromatic rings. The van der Waals surface area contributed by atoms with Crippen LogP contribution in [0.2, 0.25) is 0 Å². The van der Waals surface area contributed by atoms with Gasteiger partial charge in [0.05, 0.1) is 12.4 Å². The first-order valence-corrected chi connectivity index (χ1v) is 5.89. The number of carbonyl (C=O) groups is 1. The number of aliphatic hydroxyl groups is 1. The van der Waals surface area contributed by atoms with E-state index in [2.05, 4.69) is 5.32 Å². The third-order valence-electron chi connectivity index (χ3n) is 1.88. The van der Waals surface area contributed by atoms with Crippen molar-refractivity contribution in [2.24, 2.45) is 0 Å². The first-order chi connectivity index (χ1) is 7.63. The lowest BCUT2D eigenvalue weighted by Crippen LogP contribution is -2.36. The number of aliphatic hydroxyl groups excluding tert-OH is 1. The van der Waals surface area contributed by atoms with E-state index in [1.165, 1.54) is 6.07 Å². The Hall–Kier alpha value is -1.07. The Morgan fingerprint density at radius 1 is 1.56 bits per heavy atom. The molecule has 1 unspecified atom stereocenters. The largest absolute Gasteiger partial charge is 0.394 e. The number of nitrogens with one attached hydrogen (secondary N) is 1. The van der Waals surface area contributed by atoms with Crippen molar-refractivity contribution in [3.8, 4) is 0 Å². The van der Waals surface area contributed by atoms with Crippen molar-refractivity contribution in [3.05, 3.63) is 30.1 Å². The highest BCUT2D eigenvalue weighted by Crippen LogP contribution is 2.20. The number of benzene rings is 1. The average Bonchev–Trinajstić information content (AvgIpc) is 2.28. The van der Waals surface area contributed by atoms with Crippen LogP contribution in [0.25, 0.3) is 0 Å². The Morgan fingerprint density at radius 2 is 2.25 bits per heavy atom. The van der Waals surface area contributed by atoms with Gasteiger partial charge in [-0.1, -0.05) is 12.1 Å². The third kappa shape index (κ3) is 4.20. The monoisotopic (exact) mass is 243 g/mol. The molecule has 0 aromatic heterocycles. The predicted octanol–water partition coefficient (Wildman–Crippen LogP) is 1.41. The summed E-state index contributed by atoms with van der Waals surface area (Å²) < 4.78 is 13.2. The summed E-state index contributed by atoms with van der Waals surface area (Å²) in [7, 11) is 0. The van der Waals surface area contributed by atoms with Gasteiger partial charge in [0.25, 0.3) is 0 Å². The zero-order chi connectivity index (χ0) is 12.0. The van der Waals surface area contributed by atoms with E-state index >= 15 is 0 Å². The Kier molecular flexibility index (Phi) is 5.28. The van der Waals surface area contributed by atoms with Crippen LogP contribution in [0.4, 0.5) is 4.39 Å². The minimum absolute atomic E-state index is 0.101. The molecule has 1 aromatic carbocycles. The van der Waals surface area contributed by atoms with Crippen LogP contribution in [0.1, 0.15) is 6.92 Å². The molecule has 88 valence electrons. The van der Waals surface area contributed by atoms with Gasteiger partial charge in [-0.2, -0.15) is 0 Å². The standard InChI is InChI=1S/C11H14FNO2S/c1-8(6-14)13-11(15)7-16-10-5-3-2-4-9(10)12/h2-5,8,14H,6-7H2,1H3,(H,13,15). The van der Waals surface area contributed by atoms with E-state index in [0.29, 0.717) is 4.90 Å². The first-order valence-electron chi connectivity index (χ1n) is 4.91. The molecule has 0 aliphatic rings. The maximum Gasteiger partial charge on any atom is 0.230 e. The Morgan fingerprint density at radius 3 is 2.88 bits per heavy atom. The van der Waals surface area contributed by atoms with Crippen molar-refractivity contribution in [1.82, 2.24) is 5.32 Å². The second kappa shape index (κ2) is 6.50. The van der Waals surface area contributed by atoms with E-state index in [4.69, 9.17) is 5.11 Å². The van der Waals surface area contributed by atoms with Crippen LogP contribution in [-0.2, 0) is 4.79 Å². The summed E-state index contributed by atoms with van der Waals surface area (Å²) >= 11 is 1.14. The SMILES string of the molecule is CC(CO)NC(=O)CSc1ccccc1F. The number of thioether (sulfide) groups is 1. The summed E-state index contributed by atoms with van der Waals surface area (Å²) in [6, 6.07) is 6.04. The molecule has 5 heteroatoms. The van der Waals surface area contributed by atoms with Gasteiger partial charge < -0.3 is 10.4 Å². The topological polar surface area (TPSA) is 49.3 Å². The van der Waals surface area contributed by atoms with Crippen LogP contribution >= 0.6 is 11.8 Å². The number of hydrogen-bond donors (Lipinski definition) is 2. The highest BCUT2D eigenvalue weighted by molar-refractivity contribution is 8.00. The molecule has 0 fully saturated rings. The van der Waals surface area contributed by atoms with Gasteiger partial charge in [0.1, 0.15) is 5.82 Å². The van der Waals surface area contributed by atoms with Crippen LogP contribution < -0.4 is 5.32 Å². The van der Waals surface area contributed by atoms with E-state index < -0.39 is 0 Å². The molecule has 0 spiro atoms. The van der Waals surface area contributed by atoms with Gasteiger partial charge in [-0.15, -0.1) is 11.8 Å². The summed E-state index contributed by atoms with van der Waals surface area (Å²) in [4.78, 5) is 11.8. The molecule has 0 radical (unpaired) electrons. The lowest BCUT2D eigenvalue weighted by Gasteiger charge is -2.10. The quantitative estimate of drug-likeness (QED) is 0.769. The Balaban J connectivity index is 2.40. The first kappa shape index (κ1) is 13.0. The molecule has 0 bridgehead atoms. The molecule has 16 heavy (non-hydrogen) atoms. The normalized spacial score (nSPS) is 12.2. The molecule has 2 N–H and O–H groups in total. The maximum absolute atomic E-state index is 13.2. The zero-order valence-electron chi connectivity index (χ0n) is 8.94. The molecule has 0 aliphatic heterocycles. The number of rotatable bonds is 5. The van der Waals surface area contributed by atoms with Crippen molar-refractivity contribution in [2.75, 3.05) is 12.4 Å². The summed E-state index contributed by atoms with van der Waals surface area (Å²) in [5.41, 5.74) is 0. The smallest absolute Gasteiger partial charge is 0.230 e. The maximum atomic E-state index is 13.2. The van der Waals surface area contributed by atoms with Crippen molar-refractivity contribution in [3.63, 3.8) is 0 Å². The second-order valence-corrected chi connectivity index (χ2v) is 4.39. The fourth-order valence-electron chi connectivity index (χ4n) is 1.07. The summed E-state index contributed by atoms with van der Waals surface area (Å²) in [5.74, 6) is -0.393. The van der Waals surface area contributed by atoms with Crippen molar-refractivity contribution < 1.29 is 14.3 Å². The molecular formula is C11H14FNO2S. The molecule has 1 atom stereocenters. The fourth-order valence-corrected chi connectivity index (χ4v) is 1.82. The van der Waals surface area contributed by atoms with Crippen LogP contribution in [0.15, 0.2) is 29.2 Å². The summed E-state index contributed by atoms with van der Waals surface area (Å²) in [6.45, 7) is 1.60. The third-order valence-corrected chi connectivity index (χ3v) is 2.93. The van der Waals surface area contributed by atoms with E-state index in [1.54, 1.807) is 25.1 Å². The van der Waals surface area contributed by atoms with Gasteiger partial charge in [0.15, 0.2) is 0 Å². The van der Waals surface area contributed by atoms with Crippen LogP contribution in [0.3, 0.4) is 0 Å². The molecule has 0 saturated heterocycles. The van der Waals surface area contributed by atoms with Gasteiger partial charge in [0, 0.05) is 10.9 Å². The van der Waals surface area contributed by atoms with E-state index in [1.807, 2.05) is 0 Å². The highest BCUT2D eigenvalue weighted by atomic mass is 32.2. The van der Waals surface area contributed by atoms with E-state index in [-0.39, 0.29) is 30.1 Å². The molecule has 0 heterocycles. The average molecular weight is 243 g/mol. The number of halogens is 1. The van der Waals surface area contributed by atoms with Gasteiger partial charge in [0.2, 0.25) is 5.91 Å². The molecule has 0 saturated carbocycles. The van der Waals surface area contributed by atoms with Crippen LogP contribution in [0.5, 0.6) is 0 Å². The highest BCUT2D eigenvalue weighted by Gasteiger charge is 2.08. The van der Waals surface area contributed by atoms with Crippen molar-refractivity contribution in [1.29, 1.82) is 0 Å². The van der Waals surface area contributed by atoms with Crippen molar-refractivity contribution >= 4 is 17.7 Å². The lowest BCUT2D eigenvalue weighted by molar-refractivity contribution is -0.119. The van der Waals surface area contributed by atoms with Gasteiger partial charge in [-0.3, -0.25) is 4.79 Å². The van der Waals surface area contributed by atoms with Gasteiger partial charge in [-0.05, 0) is 19.1 Å². The molecule has 0 aliphatic carbocycles. The zero-order valence-corrected chi connectivity index (χ0v) is 9.76. The van der Waals surface area contributed by atoms with Crippen LogP contribution in [0, 0.1) is 5.82 Å². The number of amides is 1. The number of carbonyl (C=O) groups excluding carboxylic acids is 1.